The number of ether oxygens (including phenoxy) is 1. The zero-order valence-corrected chi connectivity index (χ0v) is 7.68. The van der Waals surface area contributed by atoms with E-state index in [1.807, 2.05) is 0 Å². The summed E-state index contributed by atoms with van der Waals surface area (Å²) in [6, 6.07) is 0. The molecule has 1 rings (SSSR count). The van der Waals surface area contributed by atoms with Gasteiger partial charge in [-0.05, 0) is 20.0 Å². The van der Waals surface area contributed by atoms with Crippen molar-refractivity contribution < 1.29 is 4.74 Å². The molecule has 1 fully saturated rings. The van der Waals surface area contributed by atoms with Crippen molar-refractivity contribution in [3.8, 4) is 0 Å². The van der Waals surface area contributed by atoms with Crippen molar-refractivity contribution in [2.24, 2.45) is 0 Å². The summed E-state index contributed by atoms with van der Waals surface area (Å²) >= 11 is 0. The van der Waals surface area contributed by atoms with Crippen molar-refractivity contribution in [2.75, 3.05) is 26.7 Å². The van der Waals surface area contributed by atoms with Crippen molar-refractivity contribution in [2.45, 2.75) is 32.3 Å². The number of likely N-dealkylation sites (N-methyl/N-ethyl adjacent to an activating group) is 1. The van der Waals surface area contributed by atoms with Crippen LogP contribution in [0.2, 0.25) is 0 Å². The van der Waals surface area contributed by atoms with Gasteiger partial charge in [0, 0.05) is 6.54 Å². The summed E-state index contributed by atoms with van der Waals surface area (Å²) in [6.07, 6.45) is 4.56. The third kappa shape index (κ3) is 4.38. The molecule has 0 saturated carbocycles. The molecule has 0 aromatic carbocycles. The molecule has 0 N–H and O–H groups in total. The standard InChI is InChI=1S/C9H19NO/c1-3-4-5-6-10(2)7-9-8-11-9/h9H,3-8H2,1-2H3. The third-order valence-electron chi connectivity index (χ3n) is 2.06. The maximum absolute atomic E-state index is 5.14. The first-order valence-corrected chi connectivity index (χ1v) is 4.63. The molecule has 66 valence electrons. The molecule has 0 spiro atoms. The minimum absolute atomic E-state index is 0.557. The predicted molar refractivity (Wildman–Crippen MR) is 46.8 cm³/mol. The molecule has 1 unspecified atom stereocenters. The second-order valence-electron chi connectivity index (χ2n) is 3.42. The van der Waals surface area contributed by atoms with Gasteiger partial charge in [0.25, 0.3) is 0 Å². The van der Waals surface area contributed by atoms with Gasteiger partial charge in [-0.2, -0.15) is 0 Å². The van der Waals surface area contributed by atoms with Crippen LogP contribution in [0, 0.1) is 0 Å². The molecule has 1 atom stereocenters. The first-order valence-electron chi connectivity index (χ1n) is 4.63. The van der Waals surface area contributed by atoms with Crippen LogP contribution in [-0.2, 0) is 4.74 Å². The highest BCUT2D eigenvalue weighted by Gasteiger charge is 2.23. The number of nitrogens with zero attached hydrogens (tertiary/aromatic N) is 1. The van der Waals surface area contributed by atoms with Gasteiger partial charge in [0.1, 0.15) is 0 Å². The highest BCUT2D eigenvalue weighted by Crippen LogP contribution is 2.10. The predicted octanol–water partition coefficient (Wildman–Crippen LogP) is 1.51. The molecular formula is C9H19NO. The maximum atomic E-state index is 5.14. The van der Waals surface area contributed by atoms with E-state index >= 15 is 0 Å². The molecule has 1 saturated heterocycles. The molecule has 0 aromatic heterocycles. The number of rotatable bonds is 6. The van der Waals surface area contributed by atoms with Crippen LogP contribution in [0.5, 0.6) is 0 Å². The summed E-state index contributed by atoms with van der Waals surface area (Å²) < 4.78 is 5.14. The summed E-state index contributed by atoms with van der Waals surface area (Å²) in [4.78, 5) is 2.37. The molecule has 1 aliphatic heterocycles. The van der Waals surface area contributed by atoms with E-state index in [0.717, 1.165) is 13.2 Å². The van der Waals surface area contributed by atoms with Gasteiger partial charge in [0.15, 0.2) is 0 Å². The van der Waals surface area contributed by atoms with Crippen molar-refractivity contribution in [3.63, 3.8) is 0 Å². The molecule has 1 heterocycles. The van der Waals surface area contributed by atoms with E-state index in [0.29, 0.717) is 6.10 Å². The fraction of sp³-hybridized carbons (Fsp3) is 1.00. The molecular weight excluding hydrogens is 138 g/mol. The van der Waals surface area contributed by atoms with Gasteiger partial charge in [-0.1, -0.05) is 19.8 Å². The Bertz CT molecular complexity index is 102. The van der Waals surface area contributed by atoms with Crippen molar-refractivity contribution in [1.82, 2.24) is 4.90 Å². The van der Waals surface area contributed by atoms with Gasteiger partial charge in [0.05, 0.1) is 12.7 Å². The van der Waals surface area contributed by atoms with Gasteiger partial charge in [-0.3, -0.25) is 0 Å². The lowest BCUT2D eigenvalue weighted by Crippen LogP contribution is -2.24. The van der Waals surface area contributed by atoms with Crippen LogP contribution < -0.4 is 0 Å². The molecule has 0 radical (unpaired) electrons. The van der Waals surface area contributed by atoms with Crippen LogP contribution in [-0.4, -0.2) is 37.7 Å². The SMILES string of the molecule is CCCCCN(C)CC1CO1. The molecule has 0 amide bonds. The topological polar surface area (TPSA) is 15.8 Å². The van der Waals surface area contributed by atoms with Crippen LogP contribution in [0.1, 0.15) is 26.2 Å². The summed E-state index contributed by atoms with van der Waals surface area (Å²) in [5.74, 6) is 0. The monoisotopic (exact) mass is 157 g/mol. The summed E-state index contributed by atoms with van der Waals surface area (Å²) in [6.45, 7) is 5.58. The molecule has 0 bridgehead atoms. The Morgan fingerprint density at radius 2 is 2.18 bits per heavy atom. The Morgan fingerprint density at radius 3 is 2.73 bits per heavy atom. The van der Waals surface area contributed by atoms with Gasteiger partial charge in [0.2, 0.25) is 0 Å². The summed E-state index contributed by atoms with van der Waals surface area (Å²) in [7, 11) is 2.18. The molecule has 11 heavy (non-hydrogen) atoms. The third-order valence-corrected chi connectivity index (χ3v) is 2.06. The molecule has 2 nitrogen and oxygen atoms in total. The van der Waals surface area contributed by atoms with E-state index in [-0.39, 0.29) is 0 Å². The van der Waals surface area contributed by atoms with Gasteiger partial charge in [-0.25, -0.2) is 0 Å². The minimum atomic E-state index is 0.557. The second kappa shape index (κ2) is 4.73. The first kappa shape index (κ1) is 9.01. The van der Waals surface area contributed by atoms with Gasteiger partial charge in [-0.15, -0.1) is 0 Å². The molecule has 1 aliphatic rings. The van der Waals surface area contributed by atoms with E-state index in [1.54, 1.807) is 0 Å². The van der Waals surface area contributed by atoms with Crippen LogP contribution in [0.15, 0.2) is 0 Å². The molecule has 2 heteroatoms. The fourth-order valence-corrected chi connectivity index (χ4v) is 1.24. The van der Waals surface area contributed by atoms with Crippen molar-refractivity contribution >= 4 is 0 Å². The largest absolute Gasteiger partial charge is 0.372 e. The Balaban J connectivity index is 1.87. The van der Waals surface area contributed by atoms with E-state index in [1.165, 1.54) is 25.8 Å². The van der Waals surface area contributed by atoms with Crippen LogP contribution in [0.4, 0.5) is 0 Å². The Kier molecular flexibility index (Phi) is 3.87. The summed E-state index contributed by atoms with van der Waals surface area (Å²) in [5, 5.41) is 0. The smallest absolute Gasteiger partial charge is 0.0936 e. The van der Waals surface area contributed by atoms with E-state index in [9.17, 15) is 0 Å². The fourth-order valence-electron chi connectivity index (χ4n) is 1.24. The second-order valence-corrected chi connectivity index (χ2v) is 3.42. The average Bonchev–Trinajstić information content (AvgIpc) is 2.72. The number of unbranched alkanes of at least 4 members (excludes halogenated alkanes) is 2. The lowest BCUT2D eigenvalue weighted by atomic mass is 10.2. The van der Waals surface area contributed by atoms with Gasteiger partial charge >= 0.3 is 0 Å². The minimum Gasteiger partial charge on any atom is -0.372 e. The maximum Gasteiger partial charge on any atom is 0.0936 e. The van der Waals surface area contributed by atoms with Crippen molar-refractivity contribution in [3.05, 3.63) is 0 Å². The number of hydrogen-bond acceptors (Lipinski definition) is 2. The molecule has 0 aromatic rings. The molecule has 0 aliphatic carbocycles. The average molecular weight is 157 g/mol. The highest BCUT2D eigenvalue weighted by molar-refractivity contribution is 4.72. The van der Waals surface area contributed by atoms with E-state index in [2.05, 4.69) is 18.9 Å². The Labute approximate surface area is 69.5 Å². The van der Waals surface area contributed by atoms with E-state index < -0.39 is 0 Å². The number of hydrogen-bond donors (Lipinski definition) is 0. The lowest BCUT2D eigenvalue weighted by molar-refractivity contribution is 0.279. The van der Waals surface area contributed by atoms with Crippen molar-refractivity contribution in [1.29, 1.82) is 0 Å². The Hall–Kier alpha value is -0.0800. The zero-order chi connectivity index (χ0) is 8.10. The lowest BCUT2D eigenvalue weighted by Gasteiger charge is -2.13. The van der Waals surface area contributed by atoms with Crippen LogP contribution in [0.3, 0.4) is 0 Å². The zero-order valence-electron chi connectivity index (χ0n) is 7.68. The van der Waals surface area contributed by atoms with Gasteiger partial charge < -0.3 is 9.64 Å². The van der Waals surface area contributed by atoms with Crippen LogP contribution >= 0.6 is 0 Å². The van der Waals surface area contributed by atoms with E-state index in [4.69, 9.17) is 4.74 Å². The highest BCUT2D eigenvalue weighted by atomic mass is 16.6. The summed E-state index contributed by atoms with van der Waals surface area (Å²) in [5.41, 5.74) is 0. The normalized spacial score (nSPS) is 22.6. The Morgan fingerprint density at radius 1 is 1.45 bits per heavy atom. The van der Waals surface area contributed by atoms with Crippen LogP contribution in [0.25, 0.3) is 0 Å². The number of epoxide rings is 1. The first-order chi connectivity index (χ1) is 5.33. The quantitative estimate of drug-likeness (QED) is 0.429.